The quantitative estimate of drug-likeness (QED) is 0.213. The average Bonchev–Trinajstić information content (AvgIpc) is 3.21. The first kappa shape index (κ1) is 23.5. The SMILES string of the molecule is COc1ccc2cc(OCCCCOc3ccc4c5ccccc5n(CCC(=O)O)c4c3)ccc2c1. The Kier molecular flexibility index (Phi) is 6.94. The molecule has 5 aromatic rings. The first-order valence-electron chi connectivity index (χ1n) is 12.2. The van der Waals surface area contributed by atoms with Crippen molar-refractivity contribution >= 4 is 38.5 Å². The van der Waals surface area contributed by atoms with Gasteiger partial charge in [-0.25, -0.2) is 0 Å². The van der Waals surface area contributed by atoms with Crippen LogP contribution in [0.4, 0.5) is 0 Å². The van der Waals surface area contributed by atoms with Crippen LogP contribution in [0.15, 0.2) is 78.9 Å². The van der Waals surface area contributed by atoms with Gasteiger partial charge in [-0.2, -0.15) is 0 Å². The van der Waals surface area contributed by atoms with Gasteiger partial charge in [-0.1, -0.05) is 30.3 Å². The molecule has 0 amide bonds. The highest BCUT2D eigenvalue weighted by molar-refractivity contribution is 6.08. The number of benzene rings is 4. The number of aryl methyl sites for hydroxylation is 1. The molecule has 0 aliphatic carbocycles. The molecule has 0 unspecified atom stereocenters. The van der Waals surface area contributed by atoms with Crippen molar-refractivity contribution in [3.8, 4) is 17.2 Å². The normalized spacial score (nSPS) is 11.2. The van der Waals surface area contributed by atoms with E-state index in [1.165, 1.54) is 0 Å². The second-order valence-electron chi connectivity index (χ2n) is 8.77. The predicted octanol–water partition coefficient (Wildman–Crippen LogP) is 6.67. The Labute approximate surface area is 209 Å². The van der Waals surface area contributed by atoms with Gasteiger partial charge in [0.2, 0.25) is 0 Å². The zero-order valence-electron chi connectivity index (χ0n) is 20.3. The maximum Gasteiger partial charge on any atom is 0.305 e. The van der Waals surface area contributed by atoms with Gasteiger partial charge in [0.05, 0.1) is 32.3 Å². The van der Waals surface area contributed by atoms with Gasteiger partial charge in [0.25, 0.3) is 0 Å². The van der Waals surface area contributed by atoms with Gasteiger partial charge in [-0.05, 0) is 66.1 Å². The summed E-state index contributed by atoms with van der Waals surface area (Å²) < 4.78 is 19.3. The number of hydrogen-bond acceptors (Lipinski definition) is 4. The van der Waals surface area contributed by atoms with Crippen LogP contribution < -0.4 is 14.2 Å². The van der Waals surface area contributed by atoms with Gasteiger partial charge >= 0.3 is 5.97 Å². The van der Waals surface area contributed by atoms with Crippen molar-refractivity contribution in [2.75, 3.05) is 20.3 Å². The molecule has 0 saturated heterocycles. The number of carbonyl (C=O) groups is 1. The Morgan fingerprint density at radius 1 is 0.750 bits per heavy atom. The first-order chi connectivity index (χ1) is 17.6. The van der Waals surface area contributed by atoms with Crippen LogP contribution in [0.2, 0.25) is 0 Å². The van der Waals surface area contributed by atoms with E-state index in [2.05, 4.69) is 16.7 Å². The van der Waals surface area contributed by atoms with Crippen molar-refractivity contribution in [1.29, 1.82) is 0 Å². The van der Waals surface area contributed by atoms with Crippen LogP contribution in [0.5, 0.6) is 17.2 Å². The summed E-state index contributed by atoms with van der Waals surface area (Å²) in [4.78, 5) is 11.2. The minimum atomic E-state index is -0.806. The Balaban J connectivity index is 1.17. The van der Waals surface area contributed by atoms with E-state index in [1.54, 1.807) is 7.11 Å². The van der Waals surface area contributed by atoms with Crippen molar-refractivity contribution in [2.45, 2.75) is 25.8 Å². The minimum absolute atomic E-state index is 0.0737. The highest BCUT2D eigenvalue weighted by Crippen LogP contribution is 2.32. The number of hydrogen-bond donors (Lipinski definition) is 1. The molecule has 0 aliphatic rings. The zero-order chi connectivity index (χ0) is 24.9. The largest absolute Gasteiger partial charge is 0.497 e. The summed E-state index contributed by atoms with van der Waals surface area (Å²) in [5, 5.41) is 13.6. The van der Waals surface area contributed by atoms with Crippen LogP contribution in [0.1, 0.15) is 19.3 Å². The standard InChI is InChI=1S/C30H29NO5/c1-34-23-10-8-22-19-24(11-9-21(22)18-23)35-16-4-5-17-36-25-12-13-27-26-6-2-3-7-28(26)31(29(27)20-25)15-14-30(32)33/h2-3,6-13,18-20H,4-5,14-17H2,1H3,(H,32,33). The molecule has 0 fully saturated rings. The first-order valence-corrected chi connectivity index (χ1v) is 12.2. The lowest BCUT2D eigenvalue weighted by molar-refractivity contribution is -0.137. The number of aromatic nitrogens is 1. The molecular formula is C30H29NO5. The van der Waals surface area contributed by atoms with Gasteiger partial charge in [-0.3, -0.25) is 4.79 Å². The van der Waals surface area contributed by atoms with Crippen molar-refractivity contribution in [2.24, 2.45) is 0 Å². The molecular weight excluding hydrogens is 454 g/mol. The molecule has 6 nitrogen and oxygen atoms in total. The predicted molar refractivity (Wildman–Crippen MR) is 142 cm³/mol. The number of nitrogens with zero attached hydrogens (tertiary/aromatic N) is 1. The van der Waals surface area contributed by atoms with Gasteiger partial charge in [0, 0.05) is 28.9 Å². The van der Waals surface area contributed by atoms with Gasteiger partial charge in [0.15, 0.2) is 0 Å². The number of rotatable bonds is 11. The Morgan fingerprint density at radius 2 is 1.36 bits per heavy atom. The van der Waals surface area contributed by atoms with Crippen LogP contribution in [-0.2, 0) is 11.3 Å². The Bertz CT molecular complexity index is 1520. The fourth-order valence-electron chi connectivity index (χ4n) is 4.57. The zero-order valence-corrected chi connectivity index (χ0v) is 20.3. The summed E-state index contributed by atoms with van der Waals surface area (Å²) in [6.07, 6.45) is 1.82. The van der Waals surface area contributed by atoms with Crippen LogP contribution >= 0.6 is 0 Å². The van der Waals surface area contributed by atoms with E-state index in [4.69, 9.17) is 14.2 Å². The average molecular weight is 484 g/mol. The van der Waals surface area contributed by atoms with E-state index in [-0.39, 0.29) is 6.42 Å². The highest BCUT2D eigenvalue weighted by Gasteiger charge is 2.12. The lowest BCUT2D eigenvalue weighted by Crippen LogP contribution is -2.05. The number of methoxy groups -OCH3 is 1. The lowest BCUT2D eigenvalue weighted by atomic mass is 10.1. The third-order valence-electron chi connectivity index (χ3n) is 6.39. The molecule has 0 spiro atoms. The summed E-state index contributed by atoms with van der Waals surface area (Å²) in [5.74, 6) is 1.68. The summed E-state index contributed by atoms with van der Waals surface area (Å²) >= 11 is 0. The van der Waals surface area contributed by atoms with Crippen LogP contribution in [0, 0.1) is 0 Å². The van der Waals surface area contributed by atoms with E-state index >= 15 is 0 Å². The van der Waals surface area contributed by atoms with E-state index in [9.17, 15) is 9.90 Å². The molecule has 4 aromatic carbocycles. The van der Waals surface area contributed by atoms with Gasteiger partial charge in [0.1, 0.15) is 17.2 Å². The fraction of sp³-hybridized carbons (Fsp3) is 0.233. The van der Waals surface area contributed by atoms with Crippen molar-refractivity contribution < 1.29 is 24.1 Å². The maximum absolute atomic E-state index is 11.2. The van der Waals surface area contributed by atoms with E-state index in [0.717, 1.165) is 62.7 Å². The Hall–Kier alpha value is -4.19. The molecule has 5 rings (SSSR count). The fourth-order valence-corrected chi connectivity index (χ4v) is 4.57. The third-order valence-corrected chi connectivity index (χ3v) is 6.39. The second kappa shape index (κ2) is 10.6. The summed E-state index contributed by atoms with van der Waals surface area (Å²) in [6, 6.07) is 26.2. The molecule has 0 bridgehead atoms. The molecule has 1 heterocycles. The van der Waals surface area contributed by atoms with E-state index < -0.39 is 5.97 Å². The number of ether oxygens (including phenoxy) is 3. The second-order valence-corrected chi connectivity index (χ2v) is 8.77. The van der Waals surface area contributed by atoms with E-state index in [1.807, 2.05) is 66.7 Å². The molecule has 0 saturated carbocycles. The number of aliphatic carboxylic acids is 1. The number of carboxylic acids is 1. The van der Waals surface area contributed by atoms with Crippen molar-refractivity contribution in [3.05, 3.63) is 78.9 Å². The van der Waals surface area contributed by atoms with Gasteiger partial charge < -0.3 is 23.9 Å². The minimum Gasteiger partial charge on any atom is -0.497 e. The number of fused-ring (bicyclic) bond motifs is 4. The molecule has 36 heavy (non-hydrogen) atoms. The smallest absolute Gasteiger partial charge is 0.305 e. The molecule has 1 N–H and O–H groups in total. The van der Waals surface area contributed by atoms with Gasteiger partial charge in [-0.15, -0.1) is 0 Å². The number of unbranched alkanes of at least 4 members (excludes halogenated alkanes) is 1. The van der Waals surface area contributed by atoms with E-state index in [0.29, 0.717) is 19.8 Å². The lowest BCUT2D eigenvalue weighted by Gasteiger charge is -2.10. The number of para-hydroxylation sites is 1. The molecule has 6 heteroatoms. The summed E-state index contributed by atoms with van der Waals surface area (Å²) in [6.45, 7) is 1.62. The van der Waals surface area contributed by atoms with Crippen LogP contribution in [0.25, 0.3) is 32.6 Å². The molecule has 1 aromatic heterocycles. The topological polar surface area (TPSA) is 69.9 Å². The highest BCUT2D eigenvalue weighted by atomic mass is 16.5. The van der Waals surface area contributed by atoms with Crippen LogP contribution in [-0.4, -0.2) is 36.0 Å². The maximum atomic E-state index is 11.2. The third kappa shape index (κ3) is 5.08. The summed E-state index contributed by atoms with van der Waals surface area (Å²) in [7, 11) is 1.67. The number of carboxylic acid groups (broad SMARTS) is 1. The molecule has 0 aliphatic heterocycles. The molecule has 0 radical (unpaired) electrons. The monoisotopic (exact) mass is 483 g/mol. The molecule has 0 atom stereocenters. The van der Waals surface area contributed by atoms with Crippen molar-refractivity contribution in [1.82, 2.24) is 4.57 Å². The van der Waals surface area contributed by atoms with Crippen LogP contribution in [0.3, 0.4) is 0 Å². The Morgan fingerprint density at radius 3 is 2.08 bits per heavy atom. The van der Waals surface area contributed by atoms with Crippen molar-refractivity contribution in [3.63, 3.8) is 0 Å². The molecule has 184 valence electrons. The summed E-state index contributed by atoms with van der Waals surface area (Å²) in [5.41, 5.74) is 2.03.